The molecule has 2 aromatic carbocycles. The zero-order valence-electron chi connectivity index (χ0n) is 19.8. The van der Waals surface area contributed by atoms with Crippen LogP contribution in [0.25, 0.3) is 0 Å². The van der Waals surface area contributed by atoms with Crippen molar-refractivity contribution in [3.8, 4) is 5.75 Å². The predicted molar refractivity (Wildman–Crippen MR) is 124 cm³/mol. The van der Waals surface area contributed by atoms with E-state index < -0.39 is 17.7 Å². The maximum atomic E-state index is 13.3. The van der Waals surface area contributed by atoms with Crippen molar-refractivity contribution in [2.45, 2.75) is 58.6 Å². The second-order valence-electron chi connectivity index (χ2n) is 9.58. The number of nitrogens with zero attached hydrogens (tertiary/aromatic N) is 1. The van der Waals surface area contributed by atoms with Crippen LogP contribution in [0.1, 0.15) is 58.7 Å². The minimum Gasteiger partial charge on any atom is -0.497 e. The lowest BCUT2D eigenvalue weighted by Crippen LogP contribution is -2.41. The first-order valence-corrected chi connectivity index (χ1v) is 10.3. The van der Waals surface area contributed by atoms with Crippen LogP contribution < -0.4 is 10.1 Å². The molecule has 0 fully saturated rings. The molecular formula is C25H34N2O4. The average Bonchev–Trinajstić information content (AvgIpc) is 2.67. The van der Waals surface area contributed by atoms with Crippen molar-refractivity contribution in [3.63, 3.8) is 0 Å². The monoisotopic (exact) mass is 426 g/mol. The summed E-state index contributed by atoms with van der Waals surface area (Å²) in [7, 11) is 3.14. The van der Waals surface area contributed by atoms with Crippen molar-refractivity contribution in [1.82, 2.24) is 4.90 Å². The van der Waals surface area contributed by atoms with Gasteiger partial charge in [0, 0.05) is 12.7 Å². The molecule has 31 heavy (non-hydrogen) atoms. The van der Waals surface area contributed by atoms with Crippen LogP contribution in [-0.4, -0.2) is 36.7 Å². The number of anilines is 1. The molecule has 0 heterocycles. The van der Waals surface area contributed by atoms with Gasteiger partial charge in [0.15, 0.2) is 0 Å². The molecule has 0 aliphatic carbocycles. The highest BCUT2D eigenvalue weighted by Crippen LogP contribution is 2.27. The lowest BCUT2D eigenvalue weighted by Gasteiger charge is -2.30. The van der Waals surface area contributed by atoms with Gasteiger partial charge in [-0.25, -0.2) is 4.79 Å². The largest absolute Gasteiger partial charge is 0.497 e. The number of hydrogen-bond donors (Lipinski definition) is 1. The van der Waals surface area contributed by atoms with Gasteiger partial charge in [0.2, 0.25) is 0 Å². The second kappa shape index (κ2) is 9.41. The van der Waals surface area contributed by atoms with Gasteiger partial charge >= 0.3 is 6.09 Å². The molecule has 0 spiro atoms. The van der Waals surface area contributed by atoms with E-state index in [9.17, 15) is 9.59 Å². The Kier molecular flexibility index (Phi) is 7.37. The van der Waals surface area contributed by atoms with E-state index in [1.54, 1.807) is 59.2 Å². The summed E-state index contributed by atoms with van der Waals surface area (Å²) in [6, 6.07) is 13.9. The zero-order valence-corrected chi connectivity index (χ0v) is 19.8. The Morgan fingerprint density at radius 1 is 0.903 bits per heavy atom. The molecule has 0 saturated heterocycles. The van der Waals surface area contributed by atoms with E-state index >= 15 is 0 Å². The van der Waals surface area contributed by atoms with E-state index in [4.69, 9.17) is 9.47 Å². The number of ether oxygens (including phenoxy) is 2. The molecule has 6 nitrogen and oxygen atoms in total. The van der Waals surface area contributed by atoms with Gasteiger partial charge in [-0.05, 0) is 61.6 Å². The molecule has 0 aliphatic heterocycles. The zero-order chi connectivity index (χ0) is 23.4. The third kappa shape index (κ3) is 6.74. The lowest BCUT2D eigenvalue weighted by molar-refractivity contribution is -0.121. The number of hydrogen-bond acceptors (Lipinski definition) is 4. The Hall–Kier alpha value is -3.02. The molecule has 2 rings (SSSR count). The summed E-state index contributed by atoms with van der Waals surface area (Å²) in [4.78, 5) is 27.3. The molecule has 1 N–H and O–H groups in total. The van der Waals surface area contributed by atoms with E-state index in [0.717, 1.165) is 0 Å². The van der Waals surface area contributed by atoms with Gasteiger partial charge in [0.05, 0.1) is 7.11 Å². The highest BCUT2D eigenvalue weighted by Gasteiger charge is 2.32. The Morgan fingerprint density at radius 3 is 1.90 bits per heavy atom. The second-order valence-corrected chi connectivity index (χ2v) is 9.58. The third-order valence-electron chi connectivity index (χ3n) is 4.77. The molecule has 0 aromatic heterocycles. The normalized spacial score (nSPS) is 12.6. The van der Waals surface area contributed by atoms with Crippen molar-refractivity contribution in [3.05, 3.63) is 59.7 Å². The molecule has 0 radical (unpaired) electrons. The Balaban J connectivity index is 2.32. The van der Waals surface area contributed by atoms with Crippen LogP contribution in [0, 0.1) is 0 Å². The molecule has 1 atom stereocenters. The standard InChI is InChI=1S/C25H34N2O4/c1-24(2,3)18-11-13-19(14-12-18)26-22(28)21(17-9-15-20(30-8)16-10-17)27(7)23(29)31-25(4,5)6/h9-16,21H,1-8H3,(H,26,28)/t21-/m0/s1. The molecule has 0 unspecified atom stereocenters. The summed E-state index contributed by atoms with van der Waals surface area (Å²) in [6.45, 7) is 11.8. The average molecular weight is 427 g/mol. The van der Waals surface area contributed by atoms with Crippen LogP contribution in [0.5, 0.6) is 5.75 Å². The smallest absolute Gasteiger partial charge is 0.410 e. The number of rotatable bonds is 5. The van der Waals surface area contributed by atoms with E-state index in [-0.39, 0.29) is 11.3 Å². The first-order chi connectivity index (χ1) is 14.3. The third-order valence-corrected chi connectivity index (χ3v) is 4.77. The Morgan fingerprint density at radius 2 is 1.45 bits per heavy atom. The van der Waals surface area contributed by atoms with Crippen molar-refractivity contribution >= 4 is 17.7 Å². The molecular weight excluding hydrogens is 392 g/mol. The topological polar surface area (TPSA) is 67.9 Å². The van der Waals surface area contributed by atoms with Crippen molar-refractivity contribution in [2.24, 2.45) is 0 Å². The van der Waals surface area contributed by atoms with Gasteiger partial charge in [0.25, 0.3) is 5.91 Å². The van der Waals surface area contributed by atoms with Crippen LogP contribution in [-0.2, 0) is 14.9 Å². The van der Waals surface area contributed by atoms with Gasteiger partial charge < -0.3 is 14.8 Å². The summed E-state index contributed by atoms with van der Waals surface area (Å²) in [5.74, 6) is 0.336. The fraction of sp³-hybridized carbons (Fsp3) is 0.440. The van der Waals surface area contributed by atoms with Gasteiger partial charge in [-0.2, -0.15) is 0 Å². The van der Waals surface area contributed by atoms with Gasteiger partial charge in [-0.15, -0.1) is 0 Å². The number of benzene rings is 2. The number of carbonyl (C=O) groups excluding carboxylic acids is 2. The minimum atomic E-state index is -0.872. The number of amides is 2. The first kappa shape index (κ1) is 24.3. The molecule has 0 saturated carbocycles. The van der Waals surface area contributed by atoms with E-state index in [1.165, 1.54) is 10.5 Å². The Labute approximate surface area is 185 Å². The van der Waals surface area contributed by atoms with Crippen LogP contribution in [0.15, 0.2) is 48.5 Å². The molecule has 2 amide bonds. The van der Waals surface area contributed by atoms with Crippen molar-refractivity contribution in [2.75, 3.05) is 19.5 Å². The number of carbonyl (C=O) groups is 2. The summed E-state index contributed by atoms with van der Waals surface area (Å²) in [5.41, 5.74) is 1.83. The van der Waals surface area contributed by atoms with Crippen LogP contribution >= 0.6 is 0 Å². The fourth-order valence-corrected chi connectivity index (χ4v) is 3.04. The van der Waals surface area contributed by atoms with Crippen LogP contribution in [0.2, 0.25) is 0 Å². The summed E-state index contributed by atoms with van der Waals surface area (Å²) < 4.78 is 10.7. The van der Waals surface area contributed by atoms with Crippen LogP contribution in [0.3, 0.4) is 0 Å². The van der Waals surface area contributed by atoms with Gasteiger partial charge in [-0.1, -0.05) is 45.0 Å². The SMILES string of the molecule is COc1ccc([C@@H](C(=O)Nc2ccc(C(C)(C)C)cc2)N(C)C(=O)OC(C)(C)C)cc1. The van der Waals surface area contributed by atoms with Gasteiger partial charge in [0.1, 0.15) is 17.4 Å². The predicted octanol–water partition coefficient (Wildman–Crippen LogP) is 5.54. The highest BCUT2D eigenvalue weighted by atomic mass is 16.6. The molecule has 2 aromatic rings. The highest BCUT2D eigenvalue weighted by molar-refractivity contribution is 5.97. The quantitative estimate of drug-likeness (QED) is 0.682. The maximum Gasteiger partial charge on any atom is 0.410 e. The summed E-state index contributed by atoms with van der Waals surface area (Å²) in [6.07, 6.45) is -0.577. The lowest BCUT2D eigenvalue weighted by atomic mass is 9.87. The number of likely N-dealkylation sites (N-methyl/N-ethyl adjacent to an activating group) is 1. The first-order valence-electron chi connectivity index (χ1n) is 10.3. The molecule has 0 bridgehead atoms. The van der Waals surface area contributed by atoms with E-state index in [0.29, 0.717) is 17.0 Å². The summed E-state index contributed by atoms with van der Waals surface area (Å²) >= 11 is 0. The van der Waals surface area contributed by atoms with Crippen molar-refractivity contribution in [1.29, 1.82) is 0 Å². The Bertz CT molecular complexity index is 891. The molecule has 0 aliphatic rings. The number of methoxy groups -OCH3 is 1. The molecule has 168 valence electrons. The maximum absolute atomic E-state index is 13.3. The van der Waals surface area contributed by atoms with E-state index in [1.807, 2.05) is 24.3 Å². The van der Waals surface area contributed by atoms with E-state index in [2.05, 4.69) is 26.1 Å². The molecule has 6 heteroatoms. The minimum absolute atomic E-state index is 0.0189. The number of nitrogens with one attached hydrogen (secondary N) is 1. The fourth-order valence-electron chi connectivity index (χ4n) is 3.04. The van der Waals surface area contributed by atoms with Crippen LogP contribution in [0.4, 0.5) is 10.5 Å². The summed E-state index contributed by atoms with van der Waals surface area (Å²) in [5, 5.41) is 2.93. The van der Waals surface area contributed by atoms with Crippen molar-refractivity contribution < 1.29 is 19.1 Å². The van der Waals surface area contributed by atoms with Gasteiger partial charge in [-0.3, -0.25) is 9.69 Å².